The van der Waals surface area contributed by atoms with Crippen molar-refractivity contribution >= 4 is 43.1 Å². The van der Waals surface area contributed by atoms with Gasteiger partial charge in [-0.15, -0.1) is 13.2 Å². The van der Waals surface area contributed by atoms with Gasteiger partial charge in [-0.05, 0) is 103 Å². The summed E-state index contributed by atoms with van der Waals surface area (Å²) in [4.78, 5) is 0. The third kappa shape index (κ3) is 2.88. The molecule has 0 aromatic heterocycles. The van der Waals surface area contributed by atoms with Crippen LogP contribution in [0.3, 0.4) is 0 Å². The molecule has 0 nitrogen and oxygen atoms in total. The summed E-state index contributed by atoms with van der Waals surface area (Å²) in [5.41, 5.74) is 2.62. The molecule has 0 saturated heterocycles. The molecule has 0 spiro atoms. The normalized spacial score (nSPS) is 11.4. The fraction of sp³-hybridized carbons (Fsp3) is 0.0714. The summed E-state index contributed by atoms with van der Waals surface area (Å²) in [5.74, 6) is 0. The third-order valence-electron chi connectivity index (χ3n) is 5.60. The second kappa shape index (κ2) is 6.65. The minimum Gasteiger partial charge on any atom is -0.103 e. The van der Waals surface area contributed by atoms with E-state index >= 15 is 0 Å². The Bertz CT molecular complexity index is 1280. The summed E-state index contributed by atoms with van der Waals surface area (Å²) >= 11 is 0. The maximum Gasteiger partial charge on any atom is -0.00999 e. The summed E-state index contributed by atoms with van der Waals surface area (Å²) in [7, 11) is 0. The second-order valence-corrected chi connectivity index (χ2v) is 7.60. The van der Waals surface area contributed by atoms with Crippen LogP contribution in [0.1, 0.15) is 11.1 Å². The lowest BCUT2D eigenvalue weighted by molar-refractivity contribution is 1.29. The Hall–Kier alpha value is -3.38. The van der Waals surface area contributed by atoms with Crippen molar-refractivity contribution in [1.29, 1.82) is 0 Å². The zero-order chi connectivity index (χ0) is 19.1. The lowest BCUT2D eigenvalue weighted by Crippen LogP contribution is -1.84. The van der Waals surface area contributed by atoms with E-state index in [2.05, 4.69) is 86.0 Å². The molecule has 0 heteroatoms. The highest BCUT2D eigenvalue weighted by atomic mass is 14.1. The zero-order valence-corrected chi connectivity index (χ0v) is 15.9. The highest BCUT2D eigenvalue weighted by molar-refractivity contribution is 6.08. The molecule has 0 N–H and O–H groups in total. The largest absolute Gasteiger partial charge is 0.103 e. The van der Waals surface area contributed by atoms with Gasteiger partial charge in [0.2, 0.25) is 0 Å². The molecule has 0 unspecified atom stereocenters. The van der Waals surface area contributed by atoms with Crippen LogP contribution < -0.4 is 0 Å². The molecule has 5 aromatic carbocycles. The Kier molecular flexibility index (Phi) is 3.98. The maximum atomic E-state index is 3.86. The topological polar surface area (TPSA) is 0 Å². The third-order valence-corrected chi connectivity index (χ3v) is 5.60. The fourth-order valence-corrected chi connectivity index (χ4v) is 4.19. The zero-order valence-electron chi connectivity index (χ0n) is 15.9. The van der Waals surface area contributed by atoms with Crippen LogP contribution in [-0.4, -0.2) is 0 Å². The van der Waals surface area contributed by atoms with Crippen molar-refractivity contribution < 1.29 is 0 Å². The van der Waals surface area contributed by atoms with E-state index in [9.17, 15) is 0 Å². The van der Waals surface area contributed by atoms with Gasteiger partial charge in [-0.2, -0.15) is 0 Å². The van der Waals surface area contributed by atoms with E-state index in [1.807, 2.05) is 12.2 Å². The smallest absolute Gasteiger partial charge is 0.00999 e. The average molecular weight is 358 g/mol. The van der Waals surface area contributed by atoms with Gasteiger partial charge in [0, 0.05) is 0 Å². The van der Waals surface area contributed by atoms with Crippen LogP contribution in [0.15, 0.2) is 98.1 Å². The summed E-state index contributed by atoms with van der Waals surface area (Å²) in [6, 6.07) is 27.3. The summed E-state index contributed by atoms with van der Waals surface area (Å²) < 4.78 is 0. The molecular formula is C28H22. The van der Waals surface area contributed by atoms with Crippen LogP contribution in [0.2, 0.25) is 0 Å². The quantitative estimate of drug-likeness (QED) is 0.227. The van der Waals surface area contributed by atoms with Gasteiger partial charge in [0.25, 0.3) is 0 Å². The molecule has 0 amide bonds. The number of allylic oxidation sites excluding steroid dienone is 2. The van der Waals surface area contributed by atoms with E-state index in [-0.39, 0.29) is 0 Å². The molecule has 0 aliphatic rings. The lowest BCUT2D eigenvalue weighted by atomic mass is 9.96. The molecule has 0 heterocycles. The van der Waals surface area contributed by atoms with Crippen molar-refractivity contribution in [2.24, 2.45) is 0 Å². The van der Waals surface area contributed by atoms with Crippen LogP contribution in [-0.2, 0) is 12.8 Å². The number of fused-ring (bicyclic) bond motifs is 4. The van der Waals surface area contributed by atoms with Gasteiger partial charge in [-0.25, -0.2) is 0 Å². The Morgan fingerprint density at radius 2 is 0.750 bits per heavy atom. The van der Waals surface area contributed by atoms with E-state index < -0.39 is 0 Å². The van der Waals surface area contributed by atoms with Crippen LogP contribution in [0.4, 0.5) is 0 Å². The number of benzene rings is 5. The monoisotopic (exact) mass is 358 g/mol. The van der Waals surface area contributed by atoms with Crippen molar-refractivity contribution in [2.75, 3.05) is 0 Å². The molecule has 0 aliphatic heterocycles. The molecule has 28 heavy (non-hydrogen) atoms. The molecule has 0 aliphatic carbocycles. The Balaban J connectivity index is 1.73. The first-order valence-electron chi connectivity index (χ1n) is 9.78. The first-order chi connectivity index (χ1) is 13.7. The molecule has 5 rings (SSSR count). The maximum absolute atomic E-state index is 3.86. The summed E-state index contributed by atoms with van der Waals surface area (Å²) in [6.07, 6.45) is 5.73. The standard InChI is InChI=1S/C28H22/c1-3-5-19-7-9-21-13-25-17-26-14-22-10-8-20(6-4-2)12-24(22)16-28(26)18-27(25)15-23(21)11-19/h3-4,7-18H,1-2,5-6H2. The van der Waals surface area contributed by atoms with E-state index in [1.165, 1.54) is 54.2 Å². The predicted molar refractivity (Wildman–Crippen MR) is 124 cm³/mol. The second-order valence-electron chi connectivity index (χ2n) is 7.60. The van der Waals surface area contributed by atoms with Crippen LogP contribution >= 0.6 is 0 Å². The van der Waals surface area contributed by atoms with Crippen molar-refractivity contribution in [3.05, 3.63) is 109 Å². The van der Waals surface area contributed by atoms with Gasteiger partial charge < -0.3 is 0 Å². The predicted octanol–water partition coefficient (Wildman–Crippen LogP) is 7.76. The van der Waals surface area contributed by atoms with E-state index in [1.54, 1.807) is 0 Å². The fourth-order valence-electron chi connectivity index (χ4n) is 4.19. The molecule has 0 bridgehead atoms. The number of rotatable bonds is 4. The highest BCUT2D eigenvalue weighted by Gasteiger charge is 2.05. The van der Waals surface area contributed by atoms with Crippen molar-refractivity contribution in [3.8, 4) is 0 Å². The average Bonchev–Trinajstić information content (AvgIpc) is 2.70. The van der Waals surface area contributed by atoms with E-state index in [0.29, 0.717) is 0 Å². The van der Waals surface area contributed by atoms with Gasteiger partial charge >= 0.3 is 0 Å². The molecule has 0 radical (unpaired) electrons. The van der Waals surface area contributed by atoms with Crippen LogP contribution in [0, 0.1) is 0 Å². The van der Waals surface area contributed by atoms with Crippen LogP contribution in [0.5, 0.6) is 0 Å². The number of hydrogen-bond donors (Lipinski definition) is 0. The molecule has 0 fully saturated rings. The summed E-state index contributed by atoms with van der Waals surface area (Å²) in [6.45, 7) is 7.71. The molecule has 0 saturated carbocycles. The first-order valence-corrected chi connectivity index (χ1v) is 9.78. The van der Waals surface area contributed by atoms with Gasteiger partial charge in [0.1, 0.15) is 0 Å². The van der Waals surface area contributed by atoms with Gasteiger partial charge in [0.15, 0.2) is 0 Å². The SMILES string of the molecule is C=CCc1ccc2cc3cc4cc5ccc(CC=C)cc5cc4cc3cc2c1. The van der Waals surface area contributed by atoms with Gasteiger partial charge in [-0.1, -0.05) is 48.6 Å². The molecule has 5 aromatic rings. The van der Waals surface area contributed by atoms with Crippen LogP contribution in [0.25, 0.3) is 43.1 Å². The Morgan fingerprint density at radius 3 is 1.11 bits per heavy atom. The molecule has 0 atom stereocenters. The summed E-state index contributed by atoms with van der Waals surface area (Å²) in [5, 5.41) is 10.3. The Labute approximate surface area is 165 Å². The van der Waals surface area contributed by atoms with E-state index in [4.69, 9.17) is 0 Å². The van der Waals surface area contributed by atoms with Gasteiger partial charge in [-0.3, -0.25) is 0 Å². The lowest BCUT2D eigenvalue weighted by Gasteiger charge is -2.09. The first kappa shape index (κ1) is 16.8. The molecular weight excluding hydrogens is 336 g/mol. The molecule has 134 valence electrons. The minimum absolute atomic E-state index is 0.907. The van der Waals surface area contributed by atoms with Crippen molar-refractivity contribution in [1.82, 2.24) is 0 Å². The van der Waals surface area contributed by atoms with Crippen molar-refractivity contribution in [2.45, 2.75) is 12.8 Å². The van der Waals surface area contributed by atoms with E-state index in [0.717, 1.165) is 12.8 Å². The van der Waals surface area contributed by atoms with Crippen molar-refractivity contribution in [3.63, 3.8) is 0 Å². The Morgan fingerprint density at radius 1 is 0.429 bits per heavy atom. The number of hydrogen-bond acceptors (Lipinski definition) is 0. The highest BCUT2D eigenvalue weighted by Crippen LogP contribution is 2.31. The minimum atomic E-state index is 0.907. The van der Waals surface area contributed by atoms with Gasteiger partial charge in [0.05, 0.1) is 0 Å².